The molecule has 152 valence electrons. The van der Waals surface area contributed by atoms with Crippen molar-refractivity contribution in [2.24, 2.45) is 0 Å². The van der Waals surface area contributed by atoms with Crippen molar-refractivity contribution in [1.29, 1.82) is 0 Å². The second kappa shape index (κ2) is 9.56. The Morgan fingerprint density at radius 1 is 1.10 bits per heavy atom. The molecule has 7 nitrogen and oxygen atoms in total. The molecule has 2 aromatic rings. The molecule has 3 rings (SSSR count). The third-order valence-corrected chi connectivity index (χ3v) is 5.96. The van der Waals surface area contributed by atoms with E-state index in [4.69, 9.17) is 0 Å². The van der Waals surface area contributed by atoms with Crippen LogP contribution in [0.15, 0.2) is 53.4 Å². The van der Waals surface area contributed by atoms with Crippen LogP contribution in [0.1, 0.15) is 43.0 Å². The van der Waals surface area contributed by atoms with E-state index >= 15 is 0 Å². The first-order valence-corrected chi connectivity index (χ1v) is 10.4. The van der Waals surface area contributed by atoms with Gasteiger partial charge < -0.3 is 10.6 Å². The quantitative estimate of drug-likeness (QED) is 0.398. The van der Waals surface area contributed by atoms with Gasteiger partial charge in [0.25, 0.3) is 11.6 Å². The van der Waals surface area contributed by atoms with Gasteiger partial charge in [-0.05, 0) is 44.0 Å². The molecule has 0 bridgehead atoms. The molecule has 8 heteroatoms. The molecule has 29 heavy (non-hydrogen) atoms. The number of para-hydroxylation sites is 1. The molecule has 0 saturated heterocycles. The summed E-state index contributed by atoms with van der Waals surface area (Å²) >= 11 is 1.30. The minimum atomic E-state index is -0.460. The van der Waals surface area contributed by atoms with Crippen LogP contribution in [-0.4, -0.2) is 28.0 Å². The Balaban J connectivity index is 1.63. The summed E-state index contributed by atoms with van der Waals surface area (Å²) in [5.41, 5.74) is 0.929. The number of rotatable bonds is 7. The molecule has 1 unspecified atom stereocenters. The SMILES string of the molecule is CC(Sc1ccc([N+](=O)[O-])cc1)C(=O)Nc1ccccc1C(=O)NC1CCCC1. The number of carbonyl (C=O) groups is 2. The van der Waals surface area contributed by atoms with E-state index in [2.05, 4.69) is 10.6 Å². The predicted octanol–water partition coefficient (Wildman–Crippen LogP) is 4.39. The Kier molecular flexibility index (Phi) is 6.87. The minimum Gasteiger partial charge on any atom is -0.349 e. The zero-order valence-electron chi connectivity index (χ0n) is 16.1. The summed E-state index contributed by atoms with van der Waals surface area (Å²) < 4.78 is 0. The van der Waals surface area contributed by atoms with Gasteiger partial charge in [0.2, 0.25) is 5.91 Å². The number of nitro groups is 1. The number of nitrogens with zero attached hydrogens (tertiary/aromatic N) is 1. The summed E-state index contributed by atoms with van der Waals surface area (Å²) in [5, 5.41) is 16.2. The number of nitrogens with one attached hydrogen (secondary N) is 2. The molecule has 1 aliphatic rings. The Labute approximate surface area is 173 Å². The molecular weight excluding hydrogens is 390 g/mol. The van der Waals surface area contributed by atoms with Crippen molar-refractivity contribution in [1.82, 2.24) is 5.32 Å². The molecule has 0 heterocycles. The lowest BCUT2D eigenvalue weighted by atomic mass is 10.1. The Hall–Kier alpha value is -2.87. The van der Waals surface area contributed by atoms with Gasteiger partial charge in [0.15, 0.2) is 0 Å². The maximum Gasteiger partial charge on any atom is 0.269 e. The first kappa shape index (κ1) is 20.9. The largest absolute Gasteiger partial charge is 0.349 e. The maximum atomic E-state index is 12.6. The summed E-state index contributed by atoms with van der Waals surface area (Å²) in [6, 6.07) is 13.2. The average Bonchev–Trinajstić information content (AvgIpc) is 3.21. The van der Waals surface area contributed by atoms with Crippen LogP contribution in [0.4, 0.5) is 11.4 Å². The van der Waals surface area contributed by atoms with Gasteiger partial charge in [-0.25, -0.2) is 0 Å². The summed E-state index contributed by atoms with van der Waals surface area (Å²) in [4.78, 5) is 36.3. The molecule has 1 fully saturated rings. The van der Waals surface area contributed by atoms with Gasteiger partial charge in [0.1, 0.15) is 0 Å². The molecule has 2 aromatic carbocycles. The number of thioether (sulfide) groups is 1. The van der Waals surface area contributed by atoms with Crippen LogP contribution < -0.4 is 10.6 Å². The molecule has 0 aliphatic heterocycles. The van der Waals surface area contributed by atoms with Gasteiger partial charge in [-0.3, -0.25) is 19.7 Å². The third-order valence-electron chi connectivity index (χ3n) is 4.85. The van der Waals surface area contributed by atoms with Crippen LogP contribution in [-0.2, 0) is 4.79 Å². The lowest BCUT2D eigenvalue weighted by Gasteiger charge is -2.16. The van der Waals surface area contributed by atoms with Crippen LogP contribution >= 0.6 is 11.8 Å². The molecule has 0 spiro atoms. The standard InChI is InChI=1S/C21H23N3O4S/c1-14(29-17-12-10-16(11-13-17)24(27)28)20(25)23-19-9-5-4-8-18(19)21(26)22-15-6-2-3-7-15/h4-5,8-15H,2-3,6-7H2,1H3,(H,22,26)(H,23,25). The number of benzene rings is 2. The number of hydrogen-bond acceptors (Lipinski definition) is 5. The van der Waals surface area contributed by atoms with E-state index in [1.807, 2.05) is 0 Å². The van der Waals surface area contributed by atoms with Crippen LogP contribution in [0.5, 0.6) is 0 Å². The lowest BCUT2D eigenvalue weighted by molar-refractivity contribution is -0.384. The van der Waals surface area contributed by atoms with Gasteiger partial charge in [0.05, 0.1) is 21.4 Å². The number of amides is 2. The fraction of sp³-hybridized carbons (Fsp3) is 0.333. The van der Waals surface area contributed by atoms with Crippen LogP contribution in [0.2, 0.25) is 0 Å². The summed E-state index contributed by atoms with van der Waals surface area (Å²) in [5.74, 6) is -0.419. The van der Waals surface area contributed by atoms with Gasteiger partial charge in [-0.2, -0.15) is 0 Å². The van der Waals surface area contributed by atoms with Crippen molar-refractivity contribution in [2.75, 3.05) is 5.32 Å². The Morgan fingerprint density at radius 3 is 2.41 bits per heavy atom. The molecule has 1 aliphatic carbocycles. The average molecular weight is 413 g/mol. The molecular formula is C21H23N3O4S. The topological polar surface area (TPSA) is 101 Å². The summed E-state index contributed by atoms with van der Waals surface area (Å²) in [6.07, 6.45) is 4.23. The lowest BCUT2D eigenvalue weighted by Crippen LogP contribution is -2.33. The highest BCUT2D eigenvalue weighted by atomic mass is 32.2. The zero-order valence-corrected chi connectivity index (χ0v) is 16.9. The van der Waals surface area contributed by atoms with E-state index in [-0.39, 0.29) is 23.5 Å². The molecule has 0 radical (unpaired) electrons. The van der Waals surface area contributed by atoms with Crippen LogP contribution in [0.25, 0.3) is 0 Å². The van der Waals surface area contributed by atoms with Crippen molar-refractivity contribution in [3.8, 4) is 0 Å². The van der Waals surface area contributed by atoms with Crippen LogP contribution in [0.3, 0.4) is 0 Å². The van der Waals surface area contributed by atoms with Gasteiger partial charge in [-0.15, -0.1) is 11.8 Å². The second-order valence-electron chi connectivity index (χ2n) is 7.00. The zero-order chi connectivity index (χ0) is 20.8. The number of non-ortho nitro benzene ring substituents is 1. The highest BCUT2D eigenvalue weighted by molar-refractivity contribution is 8.00. The second-order valence-corrected chi connectivity index (χ2v) is 8.41. The number of anilines is 1. The molecule has 1 atom stereocenters. The Morgan fingerprint density at radius 2 is 1.76 bits per heavy atom. The Bertz CT molecular complexity index is 895. The van der Waals surface area contributed by atoms with E-state index in [1.54, 1.807) is 43.3 Å². The van der Waals surface area contributed by atoms with Crippen molar-refractivity contribution in [3.63, 3.8) is 0 Å². The smallest absolute Gasteiger partial charge is 0.269 e. The van der Waals surface area contributed by atoms with E-state index in [9.17, 15) is 19.7 Å². The molecule has 2 amide bonds. The monoisotopic (exact) mass is 413 g/mol. The van der Waals surface area contributed by atoms with Crippen molar-refractivity contribution in [3.05, 3.63) is 64.2 Å². The van der Waals surface area contributed by atoms with Crippen molar-refractivity contribution >= 4 is 35.0 Å². The normalized spacial score (nSPS) is 14.9. The van der Waals surface area contributed by atoms with Gasteiger partial charge in [-0.1, -0.05) is 25.0 Å². The highest BCUT2D eigenvalue weighted by Gasteiger charge is 2.21. The van der Waals surface area contributed by atoms with Crippen LogP contribution in [0, 0.1) is 10.1 Å². The van der Waals surface area contributed by atoms with E-state index in [0.717, 1.165) is 30.6 Å². The van der Waals surface area contributed by atoms with E-state index in [0.29, 0.717) is 11.3 Å². The van der Waals surface area contributed by atoms with Gasteiger partial charge in [0, 0.05) is 23.1 Å². The van der Waals surface area contributed by atoms with Gasteiger partial charge >= 0.3 is 0 Å². The summed E-state index contributed by atoms with van der Waals surface area (Å²) in [6.45, 7) is 1.75. The highest BCUT2D eigenvalue weighted by Crippen LogP contribution is 2.27. The molecule has 1 saturated carbocycles. The van der Waals surface area contributed by atoms with E-state index < -0.39 is 10.2 Å². The molecule has 0 aromatic heterocycles. The predicted molar refractivity (Wildman–Crippen MR) is 113 cm³/mol. The number of nitro benzene ring substituents is 1. The summed E-state index contributed by atoms with van der Waals surface area (Å²) in [7, 11) is 0. The number of hydrogen-bond donors (Lipinski definition) is 2. The maximum absolute atomic E-state index is 12.6. The van der Waals surface area contributed by atoms with Crippen molar-refractivity contribution in [2.45, 2.75) is 48.8 Å². The van der Waals surface area contributed by atoms with E-state index in [1.165, 1.54) is 23.9 Å². The fourth-order valence-corrected chi connectivity index (χ4v) is 4.13. The fourth-order valence-electron chi connectivity index (χ4n) is 3.26. The van der Waals surface area contributed by atoms with Crippen molar-refractivity contribution < 1.29 is 14.5 Å². The third kappa shape index (κ3) is 5.57. The first-order valence-electron chi connectivity index (χ1n) is 9.56. The first-order chi connectivity index (χ1) is 13.9. The minimum absolute atomic E-state index is 0.00802. The number of carbonyl (C=O) groups excluding carboxylic acids is 2. The molecule has 2 N–H and O–H groups in total.